The number of aldehydes is 1. The summed E-state index contributed by atoms with van der Waals surface area (Å²) in [5.74, 6) is 0.741. The molecular formula is C14H18N2O3. The van der Waals surface area contributed by atoms with Crippen LogP contribution in [0.4, 0.5) is 11.4 Å². The molecule has 5 heteroatoms. The highest BCUT2D eigenvalue weighted by molar-refractivity contribution is 5.79. The molecule has 0 saturated heterocycles. The molecule has 1 fully saturated rings. The molecule has 0 spiro atoms. The van der Waals surface area contributed by atoms with Crippen LogP contribution in [0.3, 0.4) is 0 Å². The SMILES string of the molecule is CC1CCC(Nc2ccc(C=O)cc2[N+](=O)[O-])CC1. The summed E-state index contributed by atoms with van der Waals surface area (Å²) in [6.07, 6.45) is 5.00. The fourth-order valence-corrected chi connectivity index (χ4v) is 2.52. The van der Waals surface area contributed by atoms with Gasteiger partial charge in [-0.25, -0.2) is 0 Å². The van der Waals surface area contributed by atoms with Crippen molar-refractivity contribution in [2.45, 2.75) is 38.6 Å². The molecule has 2 rings (SSSR count). The van der Waals surface area contributed by atoms with Gasteiger partial charge in [0.15, 0.2) is 0 Å². The molecule has 0 unspecified atom stereocenters. The van der Waals surface area contributed by atoms with E-state index in [4.69, 9.17) is 0 Å². The zero-order chi connectivity index (χ0) is 13.8. The summed E-state index contributed by atoms with van der Waals surface area (Å²) >= 11 is 0. The molecule has 102 valence electrons. The highest BCUT2D eigenvalue weighted by Gasteiger charge is 2.21. The number of nitrogens with one attached hydrogen (secondary N) is 1. The molecule has 1 N–H and O–H groups in total. The topological polar surface area (TPSA) is 72.2 Å². The van der Waals surface area contributed by atoms with Gasteiger partial charge in [-0.3, -0.25) is 14.9 Å². The van der Waals surface area contributed by atoms with Gasteiger partial charge in [-0.2, -0.15) is 0 Å². The number of nitro benzene ring substituents is 1. The van der Waals surface area contributed by atoms with Gasteiger partial charge in [-0.15, -0.1) is 0 Å². The monoisotopic (exact) mass is 262 g/mol. The highest BCUT2D eigenvalue weighted by atomic mass is 16.6. The lowest BCUT2D eigenvalue weighted by Gasteiger charge is -2.27. The van der Waals surface area contributed by atoms with Gasteiger partial charge in [0, 0.05) is 17.7 Å². The van der Waals surface area contributed by atoms with Crippen LogP contribution >= 0.6 is 0 Å². The average molecular weight is 262 g/mol. The number of nitrogens with zero attached hydrogens (tertiary/aromatic N) is 1. The number of nitro groups is 1. The zero-order valence-electron chi connectivity index (χ0n) is 11.0. The number of hydrogen-bond acceptors (Lipinski definition) is 4. The molecule has 1 saturated carbocycles. The van der Waals surface area contributed by atoms with Crippen LogP contribution in [-0.2, 0) is 0 Å². The van der Waals surface area contributed by atoms with Gasteiger partial charge in [-0.05, 0) is 43.7 Å². The molecular weight excluding hydrogens is 244 g/mol. The second-order valence-corrected chi connectivity index (χ2v) is 5.25. The molecule has 1 aliphatic carbocycles. The van der Waals surface area contributed by atoms with E-state index in [1.165, 1.54) is 6.07 Å². The first-order chi connectivity index (χ1) is 9.10. The Hall–Kier alpha value is -1.91. The fraction of sp³-hybridized carbons (Fsp3) is 0.500. The number of benzene rings is 1. The summed E-state index contributed by atoms with van der Waals surface area (Å²) < 4.78 is 0. The molecule has 0 atom stereocenters. The Morgan fingerprint density at radius 1 is 1.32 bits per heavy atom. The minimum Gasteiger partial charge on any atom is -0.377 e. The van der Waals surface area contributed by atoms with Crippen molar-refractivity contribution in [2.75, 3.05) is 5.32 Å². The van der Waals surface area contributed by atoms with Crippen molar-refractivity contribution in [2.24, 2.45) is 5.92 Å². The Labute approximate surface area is 112 Å². The van der Waals surface area contributed by atoms with E-state index in [0.29, 0.717) is 17.5 Å². The third-order valence-electron chi connectivity index (χ3n) is 3.73. The van der Waals surface area contributed by atoms with E-state index in [0.717, 1.165) is 31.6 Å². The third-order valence-corrected chi connectivity index (χ3v) is 3.73. The predicted octanol–water partition coefficient (Wildman–Crippen LogP) is 3.40. The molecule has 5 nitrogen and oxygen atoms in total. The highest BCUT2D eigenvalue weighted by Crippen LogP contribution is 2.30. The van der Waals surface area contributed by atoms with Crippen LogP contribution in [0.2, 0.25) is 0 Å². The van der Waals surface area contributed by atoms with Gasteiger partial charge >= 0.3 is 0 Å². The van der Waals surface area contributed by atoms with Crippen LogP contribution in [0.25, 0.3) is 0 Å². The minimum atomic E-state index is -0.444. The molecule has 0 heterocycles. The molecule has 0 bridgehead atoms. The molecule has 0 aliphatic heterocycles. The Morgan fingerprint density at radius 2 is 2.00 bits per heavy atom. The Balaban J connectivity index is 2.15. The number of carbonyl (C=O) groups is 1. The van der Waals surface area contributed by atoms with Crippen LogP contribution < -0.4 is 5.32 Å². The van der Waals surface area contributed by atoms with Crippen molar-refractivity contribution in [3.8, 4) is 0 Å². The molecule has 0 radical (unpaired) electrons. The normalized spacial score (nSPS) is 22.8. The van der Waals surface area contributed by atoms with Gasteiger partial charge in [-0.1, -0.05) is 6.92 Å². The average Bonchev–Trinajstić information content (AvgIpc) is 2.41. The van der Waals surface area contributed by atoms with E-state index in [1.54, 1.807) is 12.1 Å². The summed E-state index contributed by atoms with van der Waals surface area (Å²) in [6, 6.07) is 4.84. The summed E-state index contributed by atoms with van der Waals surface area (Å²) in [6.45, 7) is 2.23. The van der Waals surface area contributed by atoms with Crippen molar-refractivity contribution >= 4 is 17.7 Å². The largest absolute Gasteiger partial charge is 0.377 e. The Kier molecular flexibility index (Phi) is 4.14. The van der Waals surface area contributed by atoms with Crippen molar-refractivity contribution in [1.82, 2.24) is 0 Å². The van der Waals surface area contributed by atoms with Gasteiger partial charge in [0.05, 0.1) is 4.92 Å². The van der Waals surface area contributed by atoms with Crippen LogP contribution in [0, 0.1) is 16.0 Å². The van der Waals surface area contributed by atoms with E-state index in [1.807, 2.05) is 0 Å². The van der Waals surface area contributed by atoms with Gasteiger partial charge in [0.2, 0.25) is 0 Å². The van der Waals surface area contributed by atoms with Crippen LogP contribution in [0.15, 0.2) is 18.2 Å². The van der Waals surface area contributed by atoms with Gasteiger partial charge in [0.1, 0.15) is 12.0 Å². The van der Waals surface area contributed by atoms with Crippen molar-refractivity contribution in [3.05, 3.63) is 33.9 Å². The second kappa shape index (κ2) is 5.82. The number of anilines is 1. The molecule has 0 amide bonds. The van der Waals surface area contributed by atoms with Gasteiger partial charge < -0.3 is 5.32 Å². The summed E-state index contributed by atoms with van der Waals surface area (Å²) in [7, 11) is 0. The van der Waals surface area contributed by atoms with Crippen LogP contribution in [0.5, 0.6) is 0 Å². The maximum absolute atomic E-state index is 11.0. The van der Waals surface area contributed by atoms with Crippen molar-refractivity contribution in [1.29, 1.82) is 0 Å². The summed E-state index contributed by atoms with van der Waals surface area (Å²) in [5.41, 5.74) is 0.813. The first-order valence-corrected chi connectivity index (χ1v) is 6.60. The van der Waals surface area contributed by atoms with Crippen molar-refractivity contribution < 1.29 is 9.72 Å². The van der Waals surface area contributed by atoms with E-state index >= 15 is 0 Å². The standard InChI is InChI=1S/C14H18N2O3/c1-10-2-5-12(6-3-10)15-13-7-4-11(9-17)8-14(13)16(18)19/h4,7-10,12,15H,2-3,5-6H2,1H3. The lowest BCUT2D eigenvalue weighted by Crippen LogP contribution is -2.25. The molecule has 1 aromatic rings. The Morgan fingerprint density at radius 3 is 2.58 bits per heavy atom. The first-order valence-electron chi connectivity index (χ1n) is 6.60. The van der Waals surface area contributed by atoms with E-state index in [-0.39, 0.29) is 11.7 Å². The lowest BCUT2D eigenvalue weighted by atomic mass is 9.87. The maximum atomic E-state index is 11.0. The van der Waals surface area contributed by atoms with Crippen LogP contribution in [-0.4, -0.2) is 17.3 Å². The lowest BCUT2D eigenvalue weighted by molar-refractivity contribution is -0.384. The first kappa shape index (κ1) is 13.5. The molecule has 1 aromatic carbocycles. The van der Waals surface area contributed by atoms with E-state index in [9.17, 15) is 14.9 Å². The van der Waals surface area contributed by atoms with Crippen molar-refractivity contribution in [3.63, 3.8) is 0 Å². The molecule has 19 heavy (non-hydrogen) atoms. The number of rotatable bonds is 4. The fourth-order valence-electron chi connectivity index (χ4n) is 2.52. The molecule has 1 aliphatic rings. The predicted molar refractivity (Wildman–Crippen MR) is 73.5 cm³/mol. The second-order valence-electron chi connectivity index (χ2n) is 5.25. The van der Waals surface area contributed by atoms with Gasteiger partial charge in [0.25, 0.3) is 5.69 Å². The van der Waals surface area contributed by atoms with E-state index in [2.05, 4.69) is 12.2 Å². The third kappa shape index (κ3) is 3.30. The summed E-state index contributed by atoms with van der Waals surface area (Å²) in [4.78, 5) is 21.3. The quantitative estimate of drug-likeness (QED) is 0.513. The Bertz CT molecular complexity index is 480. The smallest absolute Gasteiger partial charge is 0.293 e. The number of hydrogen-bond donors (Lipinski definition) is 1. The summed E-state index contributed by atoms with van der Waals surface area (Å²) in [5, 5.41) is 14.3. The number of carbonyl (C=O) groups excluding carboxylic acids is 1. The molecule has 0 aromatic heterocycles. The van der Waals surface area contributed by atoms with Crippen LogP contribution in [0.1, 0.15) is 43.0 Å². The zero-order valence-corrected chi connectivity index (χ0v) is 11.0. The van der Waals surface area contributed by atoms with E-state index < -0.39 is 4.92 Å². The minimum absolute atomic E-state index is 0.0248. The maximum Gasteiger partial charge on any atom is 0.293 e.